The van der Waals surface area contributed by atoms with E-state index in [1.54, 1.807) is 0 Å². The molecule has 2 N–H and O–H groups in total. The number of alkyl halides is 3. The molecule has 0 atom stereocenters. The molecule has 0 aliphatic rings. The van der Waals surface area contributed by atoms with Gasteiger partial charge in [0.25, 0.3) is 0 Å². The molecule has 0 saturated carbocycles. The fourth-order valence-electron chi connectivity index (χ4n) is 1.60. The van der Waals surface area contributed by atoms with E-state index in [4.69, 9.17) is 5.11 Å². The molecule has 8 heteroatoms. The smallest absolute Gasteiger partial charge is 0.416 e. The highest BCUT2D eigenvalue weighted by Gasteiger charge is 2.31. The van der Waals surface area contributed by atoms with Gasteiger partial charge in [-0.05, 0) is 24.3 Å². The molecule has 0 spiro atoms. The first-order valence-corrected chi connectivity index (χ1v) is 6.56. The zero-order valence-electron chi connectivity index (χ0n) is 10.4. The number of aromatic carboxylic acids is 1. The Labute approximate surface area is 120 Å². The topological polar surface area (TPSA) is 49.3 Å². The third kappa shape index (κ3) is 3.72. The zero-order valence-corrected chi connectivity index (χ0v) is 11.2. The van der Waals surface area contributed by atoms with Crippen LogP contribution in [-0.4, -0.2) is 11.1 Å². The van der Waals surface area contributed by atoms with Crippen molar-refractivity contribution in [1.82, 2.24) is 0 Å². The molecule has 0 unspecified atom stereocenters. The van der Waals surface area contributed by atoms with Gasteiger partial charge in [0.15, 0.2) is 0 Å². The van der Waals surface area contributed by atoms with Gasteiger partial charge in [0, 0.05) is 16.8 Å². The average molecular weight is 319 g/mol. The predicted molar refractivity (Wildman–Crippen MR) is 70.0 cm³/mol. The molecular formula is C13H9F4NO2S. The molecule has 0 radical (unpaired) electrons. The van der Waals surface area contributed by atoms with Gasteiger partial charge in [-0.15, -0.1) is 11.3 Å². The molecule has 21 heavy (non-hydrogen) atoms. The molecular weight excluding hydrogens is 310 g/mol. The van der Waals surface area contributed by atoms with Gasteiger partial charge in [-0.25, -0.2) is 9.18 Å². The van der Waals surface area contributed by atoms with E-state index >= 15 is 0 Å². The second-order valence-electron chi connectivity index (χ2n) is 4.15. The Kier molecular flexibility index (Phi) is 4.17. The average Bonchev–Trinajstić information content (AvgIpc) is 2.85. The van der Waals surface area contributed by atoms with Gasteiger partial charge in [-0.3, -0.25) is 0 Å². The lowest BCUT2D eigenvalue weighted by atomic mass is 10.2. The maximum absolute atomic E-state index is 13.5. The number of benzene rings is 1. The SMILES string of the molecule is O=C(O)c1csc(CNc2cc(C(F)(F)F)ccc2F)c1. The van der Waals surface area contributed by atoms with Crippen LogP contribution in [0.1, 0.15) is 20.8 Å². The standard InChI is InChI=1S/C13H9F4NO2S/c14-10-2-1-8(13(15,16)17)4-11(10)18-5-9-3-7(6-21-9)12(19)20/h1-4,6,18H,5H2,(H,19,20). The number of carboxylic acid groups (broad SMARTS) is 1. The molecule has 0 aliphatic heterocycles. The van der Waals surface area contributed by atoms with Crippen LogP contribution in [0.2, 0.25) is 0 Å². The fourth-order valence-corrected chi connectivity index (χ4v) is 2.40. The number of carbonyl (C=O) groups is 1. The highest BCUT2D eigenvalue weighted by molar-refractivity contribution is 7.10. The summed E-state index contributed by atoms with van der Waals surface area (Å²) in [6, 6.07) is 3.46. The molecule has 0 amide bonds. The number of thiophene rings is 1. The lowest BCUT2D eigenvalue weighted by Gasteiger charge is -2.11. The lowest BCUT2D eigenvalue weighted by Crippen LogP contribution is -2.07. The Hall–Kier alpha value is -2.09. The zero-order chi connectivity index (χ0) is 15.6. The Morgan fingerprint density at radius 2 is 2.00 bits per heavy atom. The van der Waals surface area contributed by atoms with Crippen molar-refractivity contribution < 1.29 is 27.5 Å². The summed E-state index contributed by atoms with van der Waals surface area (Å²) in [7, 11) is 0. The first-order valence-electron chi connectivity index (χ1n) is 5.68. The first kappa shape index (κ1) is 15.3. The van der Waals surface area contributed by atoms with Crippen LogP contribution in [0.25, 0.3) is 0 Å². The van der Waals surface area contributed by atoms with Crippen molar-refractivity contribution >= 4 is 23.0 Å². The molecule has 0 aliphatic carbocycles. The van der Waals surface area contributed by atoms with Crippen LogP contribution in [0.4, 0.5) is 23.2 Å². The van der Waals surface area contributed by atoms with Crippen molar-refractivity contribution in [2.75, 3.05) is 5.32 Å². The minimum atomic E-state index is -4.55. The minimum absolute atomic E-state index is 0.0379. The number of anilines is 1. The lowest BCUT2D eigenvalue weighted by molar-refractivity contribution is -0.137. The van der Waals surface area contributed by atoms with Gasteiger partial charge < -0.3 is 10.4 Å². The van der Waals surface area contributed by atoms with Crippen molar-refractivity contribution in [2.24, 2.45) is 0 Å². The Balaban J connectivity index is 2.13. The van der Waals surface area contributed by atoms with Crippen LogP contribution in [-0.2, 0) is 12.7 Å². The highest BCUT2D eigenvalue weighted by Crippen LogP contribution is 2.32. The number of halogens is 4. The molecule has 3 nitrogen and oxygen atoms in total. The van der Waals surface area contributed by atoms with Crippen molar-refractivity contribution in [3.8, 4) is 0 Å². The first-order chi connectivity index (χ1) is 9.77. The highest BCUT2D eigenvalue weighted by atomic mass is 32.1. The number of carboxylic acids is 1. The molecule has 2 rings (SSSR count). The van der Waals surface area contributed by atoms with Gasteiger partial charge in [-0.2, -0.15) is 13.2 Å². The molecule has 0 bridgehead atoms. The summed E-state index contributed by atoms with van der Waals surface area (Å²) in [6.45, 7) is 0.0379. The maximum atomic E-state index is 13.5. The van der Waals surface area contributed by atoms with E-state index in [0.29, 0.717) is 17.0 Å². The Morgan fingerprint density at radius 3 is 2.57 bits per heavy atom. The normalized spacial score (nSPS) is 11.4. The van der Waals surface area contributed by atoms with Crippen LogP contribution < -0.4 is 5.32 Å². The molecule has 1 heterocycles. The second kappa shape index (κ2) is 5.72. The summed E-state index contributed by atoms with van der Waals surface area (Å²) in [5.41, 5.74) is -1.15. The van der Waals surface area contributed by atoms with E-state index in [9.17, 15) is 22.4 Å². The predicted octanol–water partition coefficient (Wildman–Crippen LogP) is 4.22. The van der Waals surface area contributed by atoms with Crippen molar-refractivity contribution in [1.29, 1.82) is 0 Å². The summed E-state index contributed by atoms with van der Waals surface area (Å²) in [5, 5.41) is 12.7. The van der Waals surface area contributed by atoms with Crippen LogP contribution in [0.15, 0.2) is 29.6 Å². The van der Waals surface area contributed by atoms with Crippen LogP contribution in [0.3, 0.4) is 0 Å². The fraction of sp³-hybridized carbons (Fsp3) is 0.154. The molecule has 0 fully saturated rings. The van der Waals surface area contributed by atoms with Gasteiger partial charge in [0.05, 0.1) is 16.8 Å². The van der Waals surface area contributed by atoms with E-state index in [1.165, 1.54) is 11.4 Å². The van der Waals surface area contributed by atoms with E-state index < -0.39 is 23.5 Å². The summed E-state index contributed by atoms with van der Waals surface area (Å²) >= 11 is 1.12. The van der Waals surface area contributed by atoms with Gasteiger partial charge >= 0.3 is 12.1 Å². The van der Waals surface area contributed by atoms with Gasteiger partial charge in [0.2, 0.25) is 0 Å². The third-order valence-corrected chi connectivity index (χ3v) is 3.58. The number of nitrogens with one attached hydrogen (secondary N) is 1. The van der Waals surface area contributed by atoms with Gasteiger partial charge in [-0.1, -0.05) is 0 Å². The molecule has 1 aromatic carbocycles. The van der Waals surface area contributed by atoms with Crippen LogP contribution in [0.5, 0.6) is 0 Å². The van der Waals surface area contributed by atoms with Gasteiger partial charge in [0.1, 0.15) is 5.82 Å². The van der Waals surface area contributed by atoms with E-state index in [2.05, 4.69) is 5.32 Å². The Morgan fingerprint density at radius 1 is 1.29 bits per heavy atom. The summed E-state index contributed by atoms with van der Waals surface area (Å²) in [4.78, 5) is 11.3. The number of rotatable bonds is 4. The summed E-state index contributed by atoms with van der Waals surface area (Å²) in [5.74, 6) is -1.90. The summed E-state index contributed by atoms with van der Waals surface area (Å²) < 4.78 is 51.1. The third-order valence-electron chi connectivity index (χ3n) is 2.65. The number of hydrogen-bond donors (Lipinski definition) is 2. The van der Waals surface area contributed by atoms with E-state index in [1.807, 2.05) is 0 Å². The summed E-state index contributed by atoms with van der Waals surface area (Å²) in [6.07, 6.45) is -4.55. The molecule has 112 valence electrons. The van der Waals surface area contributed by atoms with Crippen LogP contribution >= 0.6 is 11.3 Å². The van der Waals surface area contributed by atoms with Crippen molar-refractivity contribution in [3.63, 3.8) is 0 Å². The molecule has 0 saturated heterocycles. The quantitative estimate of drug-likeness (QED) is 0.830. The van der Waals surface area contributed by atoms with E-state index in [0.717, 1.165) is 17.4 Å². The minimum Gasteiger partial charge on any atom is -0.478 e. The molecule has 2 aromatic rings. The second-order valence-corrected chi connectivity index (χ2v) is 5.15. The molecule has 1 aromatic heterocycles. The van der Waals surface area contributed by atoms with Crippen LogP contribution in [0, 0.1) is 5.82 Å². The maximum Gasteiger partial charge on any atom is 0.416 e. The van der Waals surface area contributed by atoms with Crippen molar-refractivity contribution in [3.05, 3.63) is 51.5 Å². The Bertz CT molecular complexity index is 666. The number of hydrogen-bond acceptors (Lipinski definition) is 3. The largest absolute Gasteiger partial charge is 0.478 e. The monoisotopic (exact) mass is 319 g/mol. The van der Waals surface area contributed by atoms with Crippen molar-refractivity contribution in [2.45, 2.75) is 12.7 Å². The van der Waals surface area contributed by atoms with E-state index in [-0.39, 0.29) is 17.8 Å².